The zero-order valence-corrected chi connectivity index (χ0v) is 7.40. The van der Waals surface area contributed by atoms with Crippen LogP contribution in [0.15, 0.2) is 11.5 Å². The molecule has 1 heterocycles. The lowest BCUT2D eigenvalue weighted by atomic mass is 10.3. The molecule has 0 aliphatic carbocycles. The Bertz CT molecular complexity index is 307. The normalized spacial score (nSPS) is 16.8. The van der Waals surface area contributed by atoms with Gasteiger partial charge in [0.25, 0.3) is 0 Å². The van der Waals surface area contributed by atoms with Gasteiger partial charge in [0.2, 0.25) is 0 Å². The molecule has 0 amide bonds. The standard InChI is InChI=1S/C8H8O6/c1-4(7(11)12)8-13-5(9)2-3-6(10)14-8/h2-3H2,1H3,(H,11,12). The summed E-state index contributed by atoms with van der Waals surface area (Å²) in [7, 11) is 0. The summed E-state index contributed by atoms with van der Waals surface area (Å²) in [6.45, 7) is 1.18. The van der Waals surface area contributed by atoms with E-state index in [4.69, 9.17) is 5.11 Å². The molecule has 6 heteroatoms. The number of cyclic esters (lactones) is 2. The van der Waals surface area contributed by atoms with Crippen LogP contribution in [0.25, 0.3) is 0 Å². The fourth-order valence-corrected chi connectivity index (χ4v) is 0.774. The van der Waals surface area contributed by atoms with Gasteiger partial charge in [0.1, 0.15) is 5.57 Å². The summed E-state index contributed by atoms with van der Waals surface area (Å²) in [5.41, 5.74) is -0.311. The van der Waals surface area contributed by atoms with Crippen LogP contribution in [0.3, 0.4) is 0 Å². The number of carbonyl (C=O) groups is 3. The summed E-state index contributed by atoms with van der Waals surface area (Å²) < 4.78 is 9.04. The number of aliphatic carboxylic acids is 1. The van der Waals surface area contributed by atoms with Crippen LogP contribution in [0.5, 0.6) is 0 Å². The third-order valence-electron chi connectivity index (χ3n) is 1.57. The highest BCUT2D eigenvalue weighted by Gasteiger charge is 2.24. The largest absolute Gasteiger partial charge is 0.478 e. The summed E-state index contributed by atoms with van der Waals surface area (Å²) in [6.07, 6.45) is -0.204. The van der Waals surface area contributed by atoms with E-state index in [-0.39, 0.29) is 18.4 Å². The molecule has 1 N–H and O–H groups in total. The molecular weight excluding hydrogens is 192 g/mol. The highest BCUT2D eigenvalue weighted by Crippen LogP contribution is 2.15. The first-order chi connectivity index (χ1) is 6.50. The minimum Gasteiger partial charge on any atom is -0.478 e. The fourth-order valence-electron chi connectivity index (χ4n) is 0.774. The van der Waals surface area contributed by atoms with E-state index in [1.807, 2.05) is 0 Å². The van der Waals surface area contributed by atoms with E-state index in [1.165, 1.54) is 6.92 Å². The van der Waals surface area contributed by atoms with Gasteiger partial charge in [0.05, 0.1) is 12.8 Å². The van der Waals surface area contributed by atoms with Crippen molar-refractivity contribution in [2.24, 2.45) is 0 Å². The van der Waals surface area contributed by atoms with Gasteiger partial charge in [-0.25, -0.2) is 4.79 Å². The topological polar surface area (TPSA) is 89.9 Å². The Morgan fingerprint density at radius 2 is 1.64 bits per heavy atom. The summed E-state index contributed by atoms with van der Waals surface area (Å²) in [6, 6.07) is 0. The smallest absolute Gasteiger partial charge is 0.338 e. The van der Waals surface area contributed by atoms with Gasteiger partial charge < -0.3 is 14.6 Å². The summed E-state index contributed by atoms with van der Waals surface area (Å²) in [4.78, 5) is 32.3. The number of carbonyl (C=O) groups excluding carboxylic acids is 2. The van der Waals surface area contributed by atoms with Crippen LogP contribution in [0.4, 0.5) is 0 Å². The van der Waals surface area contributed by atoms with E-state index in [9.17, 15) is 14.4 Å². The Morgan fingerprint density at radius 1 is 1.21 bits per heavy atom. The van der Waals surface area contributed by atoms with E-state index >= 15 is 0 Å². The molecule has 1 rings (SSSR count). The minimum absolute atomic E-state index is 0.102. The second-order valence-electron chi connectivity index (χ2n) is 2.67. The molecule has 1 aliphatic rings. The Morgan fingerprint density at radius 3 is 2.00 bits per heavy atom. The molecule has 0 bridgehead atoms. The molecule has 0 atom stereocenters. The molecule has 0 aromatic rings. The van der Waals surface area contributed by atoms with Gasteiger partial charge in [-0.05, 0) is 6.92 Å². The van der Waals surface area contributed by atoms with Crippen LogP contribution in [0.1, 0.15) is 19.8 Å². The molecule has 0 radical (unpaired) electrons. The van der Waals surface area contributed by atoms with Crippen LogP contribution in [-0.4, -0.2) is 23.0 Å². The molecule has 76 valence electrons. The molecular formula is C8H8O6. The van der Waals surface area contributed by atoms with Crippen molar-refractivity contribution in [2.75, 3.05) is 0 Å². The second kappa shape index (κ2) is 3.91. The second-order valence-corrected chi connectivity index (χ2v) is 2.67. The molecule has 0 spiro atoms. The zero-order chi connectivity index (χ0) is 10.7. The van der Waals surface area contributed by atoms with Gasteiger partial charge in [-0.2, -0.15) is 0 Å². The van der Waals surface area contributed by atoms with Gasteiger partial charge >= 0.3 is 23.9 Å². The van der Waals surface area contributed by atoms with Crippen molar-refractivity contribution in [3.05, 3.63) is 11.5 Å². The molecule has 0 aromatic heterocycles. The van der Waals surface area contributed by atoms with Crippen LogP contribution >= 0.6 is 0 Å². The molecule has 0 saturated carbocycles. The van der Waals surface area contributed by atoms with E-state index < -0.39 is 23.9 Å². The molecule has 1 saturated heterocycles. The fraction of sp³-hybridized carbons (Fsp3) is 0.375. The van der Waals surface area contributed by atoms with Crippen molar-refractivity contribution in [1.29, 1.82) is 0 Å². The number of hydrogen-bond acceptors (Lipinski definition) is 5. The maximum atomic E-state index is 10.9. The van der Waals surface area contributed by atoms with Crippen molar-refractivity contribution in [1.82, 2.24) is 0 Å². The van der Waals surface area contributed by atoms with E-state index in [1.54, 1.807) is 0 Å². The highest BCUT2D eigenvalue weighted by molar-refractivity contribution is 5.88. The Balaban J connectivity index is 2.96. The van der Waals surface area contributed by atoms with Crippen molar-refractivity contribution in [3.63, 3.8) is 0 Å². The van der Waals surface area contributed by atoms with E-state index in [2.05, 4.69) is 9.47 Å². The maximum absolute atomic E-state index is 10.9. The molecule has 1 fully saturated rings. The summed E-state index contributed by atoms with van der Waals surface area (Å²) in [5.74, 6) is -3.19. The molecule has 0 aromatic carbocycles. The van der Waals surface area contributed by atoms with Gasteiger partial charge in [0, 0.05) is 0 Å². The maximum Gasteiger partial charge on any atom is 0.338 e. The van der Waals surface area contributed by atoms with Crippen LogP contribution in [0, 0.1) is 0 Å². The molecule has 0 unspecified atom stereocenters. The van der Waals surface area contributed by atoms with Crippen molar-refractivity contribution >= 4 is 17.9 Å². The van der Waals surface area contributed by atoms with Gasteiger partial charge in [0.15, 0.2) is 0 Å². The monoisotopic (exact) mass is 200 g/mol. The predicted octanol–water partition coefficient (Wildman–Crippen LogP) is 0.183. The van der Waals surface area contributed by atoms with Crippen LogP contribution < -0.4 is 0 Å². The lowest BCUT2D eigenvalue weighted by Crippen LogP contribution is -2.09. The third kappa shape index (κ3) is 2.32. The lowest BCUT2D eigenvalue weighted by molar-refractivity contribution is -0.147. The van der Waals surface area contributed by atoms with Crippen molar-refractivity contribution in [3.8, 4) is 0 Å². The average Bonchev–Trinajstić information content (AvgIpc) is 2.27. The van der Waals surface area contributed by atoms with Gasteiger partial charge in [-0.3, -0.25) is 9.59 Å². The third-order valence-corrected chi connectivity index (χ3v) is 1.57. The Hall–Kier alpha value is -1.85. The number of esters is 2. The minimum atomic E-state index is -1.30. The van der Waals surface area contributed by atoms with Crippen LogP contribution in [-0.2, 0) is 23.9 Å². The van der Waals surface area contributed by atoms with Crippen molar-refractivity contribution in [2.45, 2.75) is 19.8 Å². The first-order valence-corrected chi connectivity index (χ1v) is 3.86. The number of hydrogen-bond donors (Lipinski definition) is 1. The van der Waals surface area contributed by atoms with E-state index in [0.29, 0.717) is 0 Å². The van der Waals surface area contributed by atoms with Crippen LogP contribution in [0.2, 0.25) is 0 Å². The Kier molecular flexibility index (Phi) is 2.85. The Labute approximate surface area is 79.1 Å². The molecule has 6 nitrogen and oxygen atoms in total. The van der Waals surface area contributed by atoms with Gasteiger partial charge in [-0.15, -0.1) is 0 Å². The average molecular weight is 200 g/mol. The quantitative estimate of drug-likeness (QED) is 0.479. The highest BCUT2D eigenvalue weighted by atomic mass is 16.7. The SMILES string of the molecule is CC(C(=O)O)=C1OC(=O)CCC(=O)O1. The number of carboxylic acid groups (broad SMARTS) is 1. The number of carboxylic acids is 1. The summed E-state index contributed by atoms with van der Waals surface area (Å²) in [5, 5.41) is 8.56. The zero-order valence-electron chi connectivity index (χ0n) is 7.40. The number of ether oxygens (including phenoxy) is 2. The molecule has 14 heavy (non-hydrogen) atoms. The predicted molar refractivity (Wildman–Crippen MR) is 41.8 cm³/mol. The molecule has 1 aliphatic heterocycles. The first-order valence-electron chi connectivity index (χ1n) is 3.86. The van der Waals surface area contributed by atoms with E-state index in [0.717, 1.165) is 0 Å². The lowest BCUT2D eigenvalue weighted by Gasteiger charge is -2.04. The summed E-state index contributed by atoms with van der Waals surface area (Å²) >= 11 is 0. The van der Waals surface area contributed by atoms with Gasteiger partial charge in [-0.1, -0.05) is 0 Å². The first kappa shape index (κ1) is 10.2. The van der Waals surface area contributed by atoms with Crippen molar-refractivity contribution < 1.29 is 29.0 Å². The number of rotatable bonds is 1.